The van der Waals surface area contributed by atoms with E-state index in [1.54, 1.807) is 7.11 Å². The molecule has 0 spiro atoms. The van der Waals surface area contributed by atoms with Gasteiger partial charge in [-0.15, -0.1) is 23.2 Å². The molecule has 8 heavy (non-hydrogen) atoms. The first-order valence-corrected chi connectivity index (χ1v) is 6.20. The van der Waals surface area contributed by atoms with E-state index in [0.717, 1.165) is 0 Å². The molecular formula is C4H10Cl2OSi. The molecule has 0 unspecified atom stereocenters. The Morgan fingerprint density at radius 1 is 1.38 bits per heavy atom. The quantitative estimate of drug-likeness (QED) is 0.459. The average molecular weight is 173 g/mol. The molecule has 1 nitrogen and oxygen atoms in total. The lowest BCUT2D eigenvalue weighted by molar-refractivity contribution is 0.407. The van der Waals surface area contributed by atoms with Gasteiger partial charge in [0.1, 0.15) is 4.46 Å². The summed E-state index contributed by atoms with van der Waals surface area (Å²) in [5, 5.41) is 0. The molecule has 0 aliphatic rings. The van der Waals surface area contributed by atoms with Crippen LogP contribution >= 0.6 is 23.2 Å². The summed E-state index contributed by atoms with van der Waals surface area (Å²) in [7, 11) is -0.0809. The van der Waals surface area contributed by atoms with E-state index in [1.807, 2.05) is 13.1 Å². The Labute approximate surface area is 61.1 Å². The Morgan fingerprint density at radius 2 is 1.75 bits per heavy atom. The predicted octanol–water partition coefficient (Wildman–Crippen LogP) is 2.18. The van der Waals surface area contributed by atoms with E-state index in [4.69, 9.17) is 27.6 Å². The second-order valence-corrected chi connectivity index (χ2v) is 8.13. The SMILES string of the molecule is CO[Si](C)(C)C(Cl)Cl. The van der Waals surface area contributed by atoms with Crippen LogP contribution in [0.3, 0.4) is 0 Å². The summed E-state index contributed by atoms with van der Waals surface area (Å²) in [5.74, 6) is 0. The fourth-order valence-corrected chi connectivity index (χ4v) is 0.802. The lowest BCUT2D eigenvalue weighted by Gasteiger charge is -2.20. The molecule has 0 heterocycles. The van der Waals surface area contributed by atoms with Crippen molar-refractivity contribution in [1.82, 2.24) is 0 Å². The molecule has 0 rings (SSSR count). The smallest absolute Gasteiger partial charge is 0.219 e. The number of rotatable bonds is 2. The highest BCUT2D eigenvalue weighted by molar-refractivity contribution is 6.87. The lowest BCUT2D eigenvalue weighted by atomic mass is 11.8. The van der Waals surface area contributed by atoms with Gasteiger partial charge in [-0.1, -0.05) is 0 Å². The van der Waals surface area contributed by atoms with Gasteiger partial charge in [0.05, 0.1) is 0 Å². The fourth-order valence-electron chi connectivity index (χ4n) is 0.0891. The topological polar surface area (TPSA) is 9.23 Å². The van der Waals surface area contributed by atoms with Crippen molar-refractivity contribution in [3.8, 4) is 0 Å². The molecule has 0 atom stereocenters. The minimum Gasteiger partial charge on any atom is -0.418 e. The highest BCUT2D eigenvalue weighted by atomic mass is 35.5. The Morgan fingerprint density at radius 3 is 1.75 bits per heavy atom. The largest absolute Gasteiger partial charge is 0.418 e. The maximum Gasteiger partial charge on any atom is 0.219 e. The first-order chi connectivity index (χ1) is 3.50. The fraction of sp³-hybridized carbons (Fsp3) is 1.00. The van der Waals surface area contributed by atoms with Gasteiger partial charge >= 0.3 is 0 Å². The molecule has 0 aromatic rings. The molecule has 0 fully saturated rings. The number of hydrogen-bond donors (Lipinski definition) is 0. The van der Waals surface area contributed by atoms with Gasteiger partial charge in [-0.05, 0) is 13.1 Å². The van der Waals surface area contributed by atoms with Crippen LogP contribution in [-0.2, 0) is 4.43 Å². The molecule has 0 N–H and O–H groups in total. The van der Waals surface area contributed by atoms with Crippen LogP contribution < -0.4 is 0 Å². The maximum absolute atomic E-state index is 5.57. The molecule has 0 radical (unpaired) electrons. The van der Waals surface area contributed by atoms with Crippen molar-refractivity contribution in [2.75, 3.05) is 7.11 Å². The summed E-state index contributed by atoms with van der Waals surface area (Å²) in [6.45, 7) is 3.94. The van der Waals surface area contributed by atoms with Gasteiger partial charge in [-0.2, -0.15) is 0 Å². The third-order valence-corrected chi connectivity index (χ3v) is 6.31. The summed E-state index contributed by atoms with van der Waals surface area (Å²) >= 11 is 11.1. The van der Waals surface area contributed by atoms with Gasteiger partial charge < -0.3 is 4.43 Å². The molecular weight excluding hydrogens is 163 g/mol. The normalized spacial score (nSPS) is 12.8. The van der Waals surface area contributed by atoms with Gasteiger partial charge in [0.25, 0.3) is 0 Å². The molecule has 0 saturated carbocycles. The van der Waals surface area contributed by atoms with E-state index in [9.17, 15) is 0 Å². The zero-order valence-corrected chi connectivity index (χ0v) is 7.75. The van der Waals surface area contributed by atoms with Gasteiger partial charge in [0.15, 0.2) is 0 Å². The molecule has 0 saturated heterocycles. The molecule has 50 valence electrons. The van der Waals surface area contributed by atoms with Crippen LogP contribution in [0.15, 0.2) is 0 Å². The van der Waals surface area contributed by atoms with Crippen molar-refractivity contribution in [3.05, 3.63) is 0 Å². The van der Waals surface area contributed by atoms with Gasteiger partial charge in [0, 0.05) is 7.11 Å². The van der Waals surface area contributed by atoms with Crippen LogP contribution in [0.5, 0.6) is 0 Å². The lowest BCUT2D eigenvalue weighted by Crippen LogP contribution is -2.36. The Hall–Kier alpha value is 0.757. The highest BCUT2D eigenvalue weighted by Crippen LogP contribution is 2.17. The molecule has 0 aromatic carbocycles. The van der Waals surface area contributed by atoms with E-state index in [2.05, 4.69) is 0 Å². The van der Waals surface area contributed by atoms with Gasteiger partial charge in [-0.25, -0.2) is 0 Å². The maximum atomic E-state index is 5.57. The van der Waals surface area contributed by atoms with Crippen molar-refractivity contribution < 1.29 is 4.43 Å². The third kappa shape index (κ3) is 2.35. The standard InChI is InChI=1S/C4H10Cl2OSi/c1-7-8(2,3)4(5)6/h4H,1-3H3. The van der Waals surface area contributed by atoms with Crippen LogP contribution in [-0.4, -0.2) is 19.9 Å². The Balaban J connectivity index is 3.71. The van der Waals surface area contributed by atoms with Crippen LogP contribution in [0.4, 0.5) is 0 Å². The van der Waals surface area contributed by atoms with Crippen molar-refractivity contribution >= 4 is 31.5 Å². The molecule has 0 aromatic heterocycles. The minimum absolute atomic E-state index is 0.326. The van der Waals surface area contributed by atoms with Crippen LogP contribution in [0, 0.1) is 0 Å². The molecule has 0 amide bonds. The minimum atomic E-state index is -1.72. The Bertz CT molecular complexity index is 74.4. The number of halogens is 2. The summed E-state index contributed by atoms with van der Waals surface area (Å²) in [6, 6.07) is 0. The zero-order chi connectivity index (χ0) is 6.78. The summed E-state index contributed by atoms with van der Waals surface area (Å²) in [6.07, 6.45) is 0. The first-order valence-electron chi connectivity index (χ1n) is 2.34. The number of hydrogen-bond acceptors (Lipinski definition) is 1. The molecule has 0 aliphatic heterocycles. The average Bonchev–Trinajstić information content (AvgIpc) is 1.67. The van der Waals surface area contributed by atoms with E-state index < -0.39 is 8.32 Å². The van der Waals surface area contributed by atoms with Crippen LogP contribution in [0.25, 0.3) is 0 Å². The van der Waals surface area contributed by atoms with E-state index in [-0.39, 0.29) is 4.46 Å². The second kappa shape index (κ2) is 3.06. The first kappa shape index (κ1) is 8.76. The monoisotopic (exact) mass is 172 g/mol. The van der Waals surface area contributed by atoms with Crippen molar-refractivity contribution in [1.29, 1.82) is 0 Å². The third-order valence-electron chi connectivity index (χ3n) is 1.05. The highest BCUT2D eigenvalue weighted by Gasteiger charge is 2.28. The molecule has 0 aliphatic carbocycles. The van der Waals surface area contributed by atoms with Crippen LogP contribution in [0.1, 0.15) is 0 Å². The van der Waals surface area contributed by atoms with E-state index >= 15 is 0 Å². The van der Waals surface area contributed by atoms with Crippen molar-refractivity contribution in [2.45, 2.75) is 17.6 Å². The number of alkyl halides is 2. The van der Waals surface area contributed by atoms with E-state index in [1.165, 1.54) is 0 Å². The van der Waals surface area contributed by atoms with E-state index in [0.29, 0.717) is 0 Å². The van der Waals surface area contributed by atoms with Gasteiger partial charge in [-0.3, -0.25) is 0 Å². The Kier molecular flexibility index (Phi) is 3.35. The van der Waals surface area contributed by atoms with Gasteiger partial charge in [0.2, 0.25) is 8.32 Å². The van der Waals surface area contributed by atoms with Crippen LogP contribution in [0.2, 0.25) is 13.1 Å². The molecule has 0 bridgehead atoms. The van der Waals surface area contributed by atoms with Crippen molar-refractivity contribution in [3.63, 3.8) is 0 Å². The zero-order valence-electron chi connectivity index (χ0n) is 5.24. The summed E-state index contributed by atoms with van der Waals surface area (Å²) in [4.78, 5) is 0. The molecule has 4 heteroatoms. The second-order valence-electron chi connectivity index (χ2n) is 2.11. The summed E-state index contributed by atoms with van der Waals surface area (Å²) in [5.41, 5.74) is 0. The predicted molar refractivity (Wildman–Crippen MR) is 40.0 cm³/mol. The van der Waals surface area contributed by atoms with Crippen molar-refractivity contribution in [2.24, 2.45) is 0 Å². The summed E-state index contributed by atoms with van der Waals surface area (Å²) < 4.78 is 4.75.